The van der Waals surface area contributed by atoms with Gasteiger partial charge in [-0.25, -0.2) is 23.0 Å². The van der Waals surface area contributed by atoms with E-state index >= 15 is 0 Å². The van der Waals surface area contributed by atoms with Crippen LogP contribution in [0, 0.1) is 0 Å². The fourth-order valence-electron chi connectivity index (χ4n) is 4.07. The van der Waals surface area contributed by atoms with Crippen molar-refractivity contribution in [2.24, 2.45) is 0 Å². The maximum absolute atomic E-state index is 12.1. The molecule has 2 aromatic heterocycles. The Kier molecular flexibility index (Phi) is 6.88. The van der Waals surface area contributed by atoms with Crippen LogP contribution in [0.15, 0.2) is 35.5 Å². The number of nitrogens with two attached hydrogens (primary N) is 1. The number of anilines is 1. The van der Waals surface area contributed by atoms with Gasteiger partial charge in [0.2, 0.25) is 5.28 Å². The molecule has 0 amide bonds. The maximum atomic E-state index is 12.1. The molecule has 2 unspecified atom stereocenters. The van der Waals surface area contributed by atoms with Crippen LogP contribution in [0.5, 0.6) is 0 Å². The summed E-state index contributed by atoms with van der Waals surface area (Å²) in [7, 11) is -3.75. The van der Waals surface area contributed by atoms with Gasteiger partial charge in [0.25, 0.3) is 5.60 Å². The molecule has 36 heavy (non-hydrogen) atoms. The highest BCUT2D eigenvalue weighted by molar-refractivity contribution is 7.90. The molecule has 0 aliphatic carbocycles. The van der Waals surface area contributed by atoms with Gasteiger partial charge < -0.3 is 25.4 Å². The van der Waals surface area contributed by atoms with Gasteiger partial charge in [-0.3, -0.25) is 4.57 Å². The van der Waals surface area contributed by atoms with Crippen LogP contribution >= 0.6 is 11.6 Å². The summed E-state index contributed by atoms with van der Waals surface area (Å²) in [5.41, 5.74) is 3.78. The Morgan fingerprint density at radius 2 is 1.94 bits per heavy atom. The lowest BCUT2D eigenvalue weighted by molar-refractivity contribution is -0.188. The molecule has 3 aromatic rings. The van der Waals surface area contributed by atoms with Crippen LogP contribution in [-0.4, -0.2) is 74.7 Å². The third-order valence-corrected chi connectivity index (χ3v) is 7.20. The molecule has 1 saturated heterocycles. The van der Waals surface area contributed by atoms with E-state index in [1.165, 1.54) is 30.6 Å². The smallest absolute Gasteiger partial charge is 0.348 e. The molecule has 192 valence electrons. The third kappa shape index (κ3) is 4.84. The molecule has 15 heteroatoms. The van der Waals surface area contributed by atoms with Gasteiger partial charge in [0.1, 0.15) is 11.7 Å². The molecule has 0 radical (unpaired) electrons. The summed E-state index contributed by atoms with van der Waals surface area (Å²) in [5, 5.41) is 19.6. The van der Waals surface area contributed by atoms with E-state index in [-0.39, 0.29) is 28.2 Å². The first-order valence-corrected chi connectivity index (χ1v) is 12.9. The van der Waals surface area contributed by atoms with Crippen molar-refractivity contribution in [3.8, 4) is 0 Å². The van der Waals surface area contributed by atoms with Gasteiger partial charge >= 0.3 is 11.9 Å². The number of aromatic nitrogens is 4. The maximum Gasteiger partial charge on any atom is 0.348 e. The zero-order valence-electron chi connectivity index (χ0n) is 18.9. The summed E-state index contributed by atoms with van der Waals surface area (Å²) in [6.45, 7) is -0.374. The number of hydrogen-bond acceptors (Lipinski definition) is 10. The van der Waals surface area contributed by atoms with Gasteiger partial charge in [0.15, 0.2) is 21.3 Å². The van der Waals surface area contributed by atoms with Gasteiger partial charge in [-0.2, -0.15) is 9.97 Å². The molecule has 0 bridgehead atoms. The summed E-state index contributed by atoms with van der Waals surface area (Å²) in [6, 6.07) is 5.58. The Morgan fingerprint density at radius 1 is 1.25 bits per heavy atom. The standard InChI is InChI=1S/C21H22ClN5O8S/c1-36(32,33)13-5-3-2-4-11(13)8-21(18(28)29,19(30)31)34-9-12-6-7-14(35-12)27-10-24-15-16(23)25-20(22)26-17(15)27/h2-5,10,12,14H,6-9H2,1H3,(H,28,29)(H,30,31)(H2,23,25,26). The Bertz CT molecular complexity index is 1430. The lowest BCUT2D eigenvalue weighted by atomic mass is 9.94. The van der Waals surface area contributed by atoms with Gasteiger partial charge in [0, 0.05) is 12.7 Å². The number of rotatable bonds is 9. The molecular formula is C21H22ClN5O8S. The van der Waals surface area contributed by atoms with Crippen LogP contribution in [0.1, 0.15) is 24.6 Å². The lowest BCUT2D eigenvalue weighted by Crippen LogP contribution is -2.52. The number of nitrogens with zero attached hydrogens (tertiary/aromatic N) is 4. The second-order valence-electron chi connectivity index (χ2n) is 8.30. The normalized spacial score (nSPS) is 18.5. The first-order valence-electron chi connectivity index (χ1n) is 10.6. The summed E-state index contributed by atoms with van der Waals surface area (Å²) in [5.74, 6) is -3.44. The van der Waals surface area contributed by atoms with Gasteiger partial charge in [-0.05, 0) is 36.1 Å². The largest absolute Gasteiger partial charge is 0.479 e. The first kappa shape index (κ1) is 25.8. The van der Waals surface area contributed by atoms with E-state index in [0.717, 1.165) is 6.26 Å². The summed E-state index contributed by atoms with van der Waals surface area (Å²) < 4.78 is 37.3. The minimum atomic E-state index is -3.75. The number of ether oxygens (including phenoxy) is 2. The van der Waals surface area contributed by atoms with Crippen molar-refractivity contribution in [1.82, 2.24) is 19.5 Å². The summed E-state index contributed by atoms with van der Waals surface area (Å²) in [4.78, 5) is 36.3. The van der Waals surface area contributed by atoms with E-state index in [2.05, 4.69) is 15.0 Å². The Morgan fingerprint density at radius 3 is 2.61 bits per heavy atom. The van der Waals surface area contributed by atoms with Crippen molar-refractivity contribution in [2.75, 3.05) is 18.6 Å². The number of imidazole rings is 1. The van der Waals surface area contributed by atoms with Crippen molar-refractivity contribution < 1.29 is 37.7 Å². The predicted octanol–water partition coefficient (Wildman–Crippen LogP) is 1.31. The first-order chi connectivity index (χ1) is 16.9. The van der Waals surface area contributed by atoms with Crippen molar-refractivity contribution in [3.63, 3.8) is 0 Å². The van der Waals surface area contributed by atoms with Gasteiger partial charge in [-0.1, -0.05) is 18.2 Å². The number of sulfone groups is 1. The molecule has 1 fully saturated rings. The van der Waals surface area contributed by atoms with Crippen LogP contribution < -0.4 is 5.73 Å². The van der Waals surface area contributed by atoms with Crippen LogP contribution in [0.4, 0.5) is 5.82 Å². The monoisotopic (exact) mass is 539 g/mol. The molecule has 1 aliphatic heterocycles. The fraction of sp³-hybridized carbons (Fsp3) is 0.381. The van der Waals surface area contributed by atoms with Crippen molar-refractivity contribution in [3.05, 3.63) is 41.4 Å². The van der Waals surface area contributed by atoms with E-state index in [1.54, 1.807) is 4.57 Å². The highest BCUT2D eigenvalue weighted by atomic mass is 35.5. The lowest BCUT2D eigenvalue weighted by Gasteiger charge is -2.27. The molecule has 3 heterocycles. The number of carbonyl (C=O) groups is 2. The zero-order chi connectivity index (χ0) is 26.3. The molecule has 13 nitrogen and oxygen atoms in total. The number of benzene rings is 1. The number of aliphatic carboxylic acids is 2. The number of fused-ring (bicyclic) bond motifs is 1. The van der Waals surface area contributed by atoms with E-state index in [1.807, 2.05) is 0 Å². The van der Waals surface area contributed by atoms with Crippen molar-refractivity contribution in [2.45, 2.75) is 42.1 Å². The fourth-order valence-corrected chi connectivity index (χ4v) is 5.18. The molecule has 0 spiro atoms. The molecule has 1 aliphatic rings. The number of hydrogen-bond donors (Lipinski definition) is 3. The number of halogens is 1. The van der Waals surface area contributed by atoms with E-state index in [4.69, 9.17) is 26.8 Å². The number of nitrogen functional groups attached to an aromatic ring is 1. The average Bonchev–Trinajstić information content (AvgIpc) is 3.42. The Hall–Kier alpha value is -3.33. The van der Waals surface area contributed by atoms with Gasteiger partial charge in [0.05, 0.1) is 23.9 Å². The topological polar surface area (TPSA) is 197 Å². The van der Waals surface area contributed by atoms with Crippen molar-refractivity contribution in [1.29, 1.82) is 0 Å². The van der Waals surface area contributed by atoms with Crippen LogP contribution in [0.3, 0.4) is 0 Å². The van der Waals surface area contributed by atoms with E-state index < -0.39 is 46.1 Å². The minimum Gasteiger partial charge on any atom is -0.479 e. The molecular weight excluding hydrogens is 518 g/mol. The van der Waals surface area contributed by atoms with E-state index in [9.17, 15) is 28.2 Å². The van der Waals surface area contributed by atoms with Crippen LogP contribution in [0.2, 0.25) is 5.28 Å². The highest BCUT2D eigenvalue weighted by Gasteiger charge is 2.50. The third-order valence-electron chi connectivity index (χ3n) is 5.83. The van der Waals surface area contributed by atoms with E-state index in [0.29, 0.717) is 24.0 Å². The summed E-state index contributed by atoms with van der Waals surface area (Å²) >= 11 is 5.90. The van der Waals surface area contributed by atoms with Crippen molar-refractivity contribution >= 4 is 50.4 Å². The molecule has 4 rings (SSSR count). The minimum absolute atomic E-state index is 0.00838. The average molecular weight is 540 g/mol. The predicted molar refractivity (Wildman–Crippen MR) is 125 cm³/mol. The second-order valence-corrected chi connectivity index (χ2v) is 10.6. The quantitative estimate of drug-likeness (QED) is 0.260. The number of carboxylic acid groups (broad SMARTS) is 2. The van der Waals surface area contributed by atoms with Gasteiger partial charge in [-0.15, -0.1) is 0 Å². The summed E-state index contributed by atoms with van der Waals surface area (Å²) in [6.07, 6.45) is 1.35. The van der Waals surface area contributed by atoms with Crippen LogP contribution in [0.25, 0.3) is 11.2 Å². The molecule has 4 N–H and O–H groups in total. The molecule has 1 aromatic carbocycles. The zero-order valence-corrected chi connectivity index (χ0v) is 20.4. The Balaban J connectivity index is 1.54. The second kappa shape index (κ2) is 9.61. The number of carboxylic acids is 2. The highest BCUT2D eigenvalue weighted by Crippen LogP contribution is 2.33. The SMILES string of the molecule is CS(=O)(=O)c1ccccc1CC(OCC1CCC(n2cnc3c(N)nc(Cl)nc32)O1)(C(=O)O)C(=O)O. The van der Waals surface area contributed by atoms with Crippen LogP contribution in [-0.2, 0) is 35.3 Å². The Labute approximate surface area is 209 Å². The molecule has 2 atom stereocenters. The molecule has 0 saturated carbocycles.